The number of carbonyl (C=O) groups excluding carboxylic acids is 1. The maximum atomic E-state index is 14.0. The van der Waals surface area contributed by atoms with Crippen LogP contribution >= 0.6 is 11.6 Å². The van der Waals surface area contributed by atoms with Gasteiger partial charge in [-0.15, -0.1) is 0 Å². The molecule has 0 aromatic heterocycles. The molecule has 4 nitrogen and oxygen atoms in total. The maximum absolute atomic E-state index is 14.0. The Kier molecular flexibility index (Phi) is 6.65. The first kappa shape index (κ1) is 20.7. The normalized spacial score (nSPS) is 19.9. The Balaban J connectivity index is 1.72. The summed E-state index contributed by atoms with van der Waals surface area (Å²) < 4.78 is 32.1. The Morgan fingerprint density at radius 1 is 1.29 bits per heavy atom. The molecule has 0 spiro atoms. The molecule has 1 aliphatic rings. The minimum atomic E-state index is -0.594. The van der Waals surface area contributed by atoms with E-state index in [1.807, 2.05) is 30.1 Å². The zero-order chi connectivity index (χ0) is 20.3. The van der Waals surface area contributed by atoms with Crippen LogP contribution < -0.4 is 0 Å². The van der Waals surface area contributed by atoms with Gasteiger partial charge < -0.3 is 4.74 Å². The third-order valence-electron chi connectivity index (χ3n) is 5.19. The predicted molar refractivity (Wildman–Crippen MR) is 104 cm³/mol. The molecule has 0 bridgehead atoms. The van der Waals surface area contributed by atoms with Crippen molar-refractivity contribution in [1.29, 1.82) is 0 Å². The monoisotopic (exact) mass is 408 g/mol. The summed E-state index contributed by atoms with van der Waals surface area (Å²) in [5.74, 6) is -1.45. The molecular weight excluding hydrogens is 386 g/mol. The SMILES string of the molecule is COC(=O)[C@@H]1C[C@H](N(C)Cc2ccc(F)cc2F)CN1Cc1cccc(Cl)c1. The lowest BCUT2D eigenvalue weighted by atomic mass is 10.1. The Hall–Kier alpha value is -2.02. The van der Waals surface area contributed by atoms with Crippen molar-refractivity contribution in [2.24, 2.45) is 0 Å². The van der Waals surface area contributed by atoms with Gasteiger partial charge in [-0.1, -0.05) is 29.8 Å². The molecule has 2 aromatic carbocycles. The summed E-state index contributed by atoms with van der Waals surface area (Å²) in [6.45, 7) is 1.52. The molecule has 1 fully saturated rings. The summed E-state index contributed by atoms with van der Waals surface area (Å²) in [7, 11) is 3.26. The smallest absolute Gasteiger partial charge is 0.323 e. The fraction of sp³-hybridized carbons (Fsp3) is 0.381. The number of likely N-dealkylation sites (tertiary alicyclic amines) is 1. The standard InChI is InChI=1S/C21H23ClF2N2O2/c1-25(12-15-6-7-17(23)9-19(15)24)18-10-20(21(27)28-2)26(13-18)11-14-4-3-5-16(22)8-14/h3-9,18,20H,10-13H2,1-2H3/t18-,20-/m0/s1. The number of hydrogen-bond acceptors (Lipinski definition) is 4. The number of nitrogens with zero attached hydrogens (tertiary/aromatic N) is 2. The fourth-order valence-corrected chi connectivity index (χ4v) is 3.89. The number of halogens is 3. The lowest BCUT2D eigenvalue weighted by Gasteiger charge is -2.25. The van der Waals surface area contributed by atoms with Crippen LogP contribution in [-0.2, 0) is 22.6 Å². The largest absolute Gasteiger partial charge is 0.468 e. The van der Waals surface area contributed by atoms with Gasteiger partial charge in [0.1, 0.15) is 17.7 Å². The van der Waals surface area contributed by atoms with E-state index in [0.717, 1.165) is 11.6 Å². The minimum Gasteiger partial charge on any atom is -0.468 e. The first-order valence-electron chi connectivity index (χ1n) is 9.08. The molecule has 1 heterocycles. The molecule has 0 amide bonds. The van der Waals surface area contributed by atoms with Gasteiger partial charge in [-0.3, -0.25) is 14.6 Å². The van der Waals surface area contributed by atoms with E-state index >= 15 is 0 Å². The summed E-state index contributed by atoms with van der Waals surface area (Å²) in [6, 6.07) is 10.8. The molecule has 150 valence electrons. The second-order valence-corrected chi connectivity index (χ2v) is 7.58. The molecule has 0 radical (unpaired) electrons. The van der Waals surface area contributed by atoms with Gasteiger partial charge in [0, 0.05) is 42.3 Å². The van der Waals surface area contributed by atoms with E-state index in [-0.39, 0.29) is 18.1 Å². The van der Waals surface area contributed by atoms with Crippen LogP contribution in [0.4, 0.5) is 8.78 Å². The Morgan fingerprint density at radius 2 is 2.07 bits per heavy atom. The van der Waals surface area contributed by atoms with Crippen LogP contribution in [0.2, 0.25) is 5.02 Å². The quantitative estimate of drug-likeness (QED) is 0.679. The van der Waals surface area contributed by atoms with Gasteiger partial charge in [0.05, 0.1) is 7.11 Å². The third kappa shape index (κ3) is 4.87. The number of rotatable bonds is 6. The van der Waals surface area contributed by atoms with E-state index in [4.69, 9.17) is 16.3 Å². The number of carbonyl (C=O) groups is 1. The van der Waals surface area contributed by atoms with Crippen LogP contribution in [-0.4, -0.2) is 48.6 Å². The van der Waals surface area contributed by atoms with Crippen molar-refractivity contribution >= 4 is 17.6 Å². The van der Waals surface area contributed by atoms with E-state index in [1.165, 1.54) is 19.2 Å². The predicted octanol–water partition coefficient (Wildman–Crippen LogP) is 3.87. The number of benzene rings is 2. The molecule has 3 rings (SSSR count). The zero-order valence-corrected chi connectivity index (χ0v) is 16.6. The molecule has 0 aliphatic carbocycles. The summed E-state index contributed by atoms with van der Waals surface area (Å²) in [6.07, 6.45) is 0.576. The molecule has 0 unspecified atom stereocenters. The topological polar surface area (TPSA) is 32.8 Å². The van der Waals surface area contributed by atoms with E-state index < -0.39 is 11.6 Å². The summed E-state index contributed by atoms with van der Waals surface area (Å²) >= 11 is 6.07. The van der Waals surface area contributed by atoms with E-state index in [1.54, 1.807) is 6.07 Å². The maximum Gasteiger partial charge on any atom is 0.323 e. The summed E-state index contributed by atoms with van der Waals surface area (Å²) in [5.41, 5.74) is 1.43. The Labute approximate surface area is 168 Å². The van der Waals surface area contributed by atoms with Crippen molar-refractivity contribution in [2.45, 2.75) is 31.6 Å². The highest BCUT2D eigenvalue weighted by atomic mass is 35.5. The summed E-state index contributed by atoms with van der Waals surface area (Å²) in [4.78, 5) is 16.3. The van der Waals surface area contributed by atoms with Crippen LogP contribution in [0, 0.1) is 11.6 Å². The average molecular weight is 409 g/mol. The van der Waals surface area contributed by atoms with Gasteiger partial charge in [0.25, 0.3) is 0 Å². The van der Waals surface area contributed by atoms with E-state index in [0.29, 0.717) is 36.6 Å². The first-order valence-corrected chi connectivity index (χ1v) is 9.45. The van der Waals surface area contributed by atoms with Crippen LogP contribution in [0.15, 0.2) is 42.5 Å². The van der Waals surface area contributed by atoms with Crippen molar-refractivity contribution in [3.63, 3.8) is 0 Å². The molecule has 7 heteroatoms. The fourth-order valence-electron chi connectivity index (χ4n) is 3.67. The van der Waals surface area contributed by atoms with Crippen molar-refractivity contribution in [2.75, 3.05) is 20.7 Å². The van der Waals surface area contributed by atoms with Crippen molar-refractivity contribution < 1.29 is 18.3 Å². The molecule has 0 N–H and O–H groups in total. The lowest BCUT2D eigenvalue weighted by molar-refractivity contribution is -0.146. The van der Waals surface area contributed by atoms with Gasteiger partial charge in [-0.05, 0) is 37.2 Å². The molecule has 0 saturated carbocycles. The van der Waals surface area contributed by atoms with Crippen LogP contribution in [0.25, 0.3) is 0 Å². The number of hydrogen-bond donors (Lipinski definition) is 0. The highest BCUT2D eigenvalue weighted by Gasteiger charge is 2.39. The molecule has 28 heavy (non-hydrogen) atoms. The van der Waals surface area contributed by atoms with Gasteiger partial charge in [-0.25, -0.2) is 8.78 Å². The molecule has 1 aliphatic heterocycles. The second-order valence-electron chi connectivity index (χ2n) is 7.14. The Morgan fingerprint density at radius 3 is 2.75 bits per heavy atom. The van der Waals surface area contributed by atoms with Crippen LogP contribution in [0.1, 0.15) is 17.5 Å². The van der Waals surface area contributed by atoms with Gasteiger partial charge in [0.15, 0.2) is 0 Å². The molecule has 2 atom stereocenters. The molecular formula is C21H23ClF2N2O2. The minimum absolute atomic E-state index is 0.0349. The van der Waals surface area contributed by atoms with Gasteiger partial charge >= 0.3 is 5.97 Å². The number of ether oxygens (including phenoxy) is 1. The van der Waals surface area contributed by atoms with Crippen molar-refractivity contribution in [3.05, 3.63) is 70.2 Å². The van der Waals surface area contributed by atoms with Crippen molar-refractivity contribution in [3.8, 4) is 0 Å². The number of esters is 1. The second kappa shape index (κ2) is 8.99. The number of methoxy groups -OCH3 is 1. The van der Waals surface area contributed by atoms with Crippen LogP contribution in [0.3, 0.4) is 0 Å². The van der Waals surface area contributed by atoms with Gasteiger partial charge in [0.2, 0.25) is 0 Å². The Bertz CT molecular complexity index is 849. The lowest BCUT2D eigenvalue weighted by Crippen LogP contribution is -2.36. The van der Waals surface area contributed by atoms with Crippen molar-refractivity contribution in [1.82, 2.24) is 9.80 Å². The van der Waals surface area contributed by atoms with E-state index in [2.05, 4.69) is 4.90 Å². The highest BCUT2D eigenvalue weighted by Crippen LogP contribution is 2.26. The van der Waals surface area contributed by atoms with Gasteiger partial charge in [-0.2, -0.15) is 0 Å². The number of likely N-dealkylation sites (N-methyl/N-ethyl adjacent to an activating group) is 1. The average Bonchev–Trinajstić information content (AvgIpc) is 3.07. The highest BCUT2D eigenvalue weighted by molar-refractivity contribution is 6.30. The molecule has 2 aromatic rings. The first-order chi connectivity index (χ1) is 13.4. The zero-order valence-electron chi connectivity index (χ0n) is 15.9. The van der Waals surface area contributed by atoms with Crippen LogP contribution in [0.5, 0.6) is 0 Å². The molecule has 1 saturated heterocycles. The summed E-state index contributed by atoms with van der Waals surface area (Å²) in [5, 5.41) is 0.645. The third-order valence-corrected chi connectivity index (χ3v) is 5.42. The van der Waals surface area contributed by atoms with E-state index in [9.17, 15) is 13.6 Å².